The maximum Gasteiger partial charge on any atom is 0.187 e. The molecule has 0 saturated heterocycles. The molecule has 0 unspecified atom stereocenters. The second kappa shape index (κ2) is 6.96. The van der Waals surface area contributed by atoms with E-state index in [0.29, 0.717) is 27.6 Å². The summed E-state index contributed by atoms with van der Waals surface area (Å²) in [6, 6.07) is 12.9. The number of hydrogen-bond donors (Lipinski definition) is 2. The van der Waals surface area contributed by atoms with Crippen molar-refractivity contribution in [2.75, 3.05) is 0 Å². The van der Waals surface area contributed by atoms with E-state index < -0.39 is 11.6 Å². The summed E-state index contributed by atoms with van der Waals surface area (Å²) in [6.07, 6.45) is 0. The molecule has 0 bridgehead atoms. The summed E-state index contributed by atoms with van der Waals surface area (Å²) in [6.45, 7) is 1.76. The summed E-state index contributed by atoms with van der Waals surface area (Å²) in [5, 5.41) is 16.3. The molecule has 2 N–H and O–H groups in total. The minimum Gasteiger partial charge on any atom is -0.283 e. The Morgan fingerprint density at radius 2 is 1.93 bits per heavy atom. The molecule has 8 heteroatoms. The van der Waals surface area contributed by atoms with Crippen LogP contribution in [0.3, 0.4) is 0 Å². The van der Waals surface area contributed by atoms with E-state index in [1.54, 1.807) is 6.92 Å². The number of benzene rings is 2. The Balaban J connectivity index is 1.91. The van der Waals surface area contributed by atoms with Gasteiger partial charge in [-0.2, -0.15) is 5.10 Å². The fraction of sp³-hybridized carbons (Fsp3) is 0.105. The molecule has 27 heavy (non-hydrogen) atoms. The van der Waals surface area contributed by atoms with Crippen LogP contribution in [0.4, 0.5) is 8.78 Å². The van der Waals surface area contributed by atoms with Crippen LogP contribution in [0.2, 0.25) is 0 Å². The van der Waals surface area contributed by atoms with Crippen molar-refractivity contribution in [3.8, 4) is 5.69 Å². The molecular formula is C19H15F2N5S. The van der Waals surface area contributed by atoms with Crippen molar-refractivity contribution in [3.63, 3.8) is 0 Å². The number of H-pyrrole nitrogens is 1. The van der Waals surface area contributed by atoms with Crippen molar-refractivity contribution in [2.45, 2.75) is 17.8 Å². The Kier molecular flexibility index (Phi) is 4.49. The number of nitrogens with zero attached hydrogens (tertiary/aromatic N) is 3. The zero-order valence-electron chi connectivity index (χ0n) is 14.3. The topological polar surface area (TPSA) is 70.3 Å². The van der Waals surface area contributed by atoms with Crippen molar-refractivity contribution >= 4 is 22.8 Å². The lowest BCUT2D eigenvalue weighted by Crippen LogP contribution is -2.23. The largest absolute Gasteiger partial charge is 0.283 e. The third-order valence-corrected chi connectivity index (χ3v) is 5.15. The van der Waals surface area contributed by atoms with Gasteiger partial charge in [0.05, 0.1) is 11.1 Å². The normalized spacial score (nSPS) is 11.2. The van der Waals surface area contributed by atoms with E-state index in [9.17, 15) is 8.78 Å². The molecular weight excluding hydrogens is 368 g/mol. The molecule has 2 heterocycles. The van der Waals surface area contributed by atoms with Gasteiger partial charge in [0.15, 0.2) is 10.8 Å². The summed E-state index contributed by atoms with van der Waals surface area (Å²) in [5.74, 6) is -0.640. The van der Waals surface area contributed by atoms with Crippen molar-refractivity contribution in [1.82, 2.24) is 19.7 Å². The van der Waals surface area contributed by atoms with Crippen LogP contribution < -0.4 is 5.49 Å². The van der Waals surface area contributed by atoms with E-state index in [0.717, 1.165) is 23.8 Å². The number of hydrogen-bond acceptors (Lipinski definition) is 4. The molecule has 136 valence electrons. The van der Waals surface area contributed by atoms with Gasteiger partial charge in [0.2, 0.25) is 0 Å². The zero-order chi connectivity index (χ0) is 19.0. The lowest BCUT2D eigenvalue weighted by molar-refractivity contribution is 0.583. The van der Waals surface area contributed by atoms with Crippen LogP contribution in [-0.2, 0) is 5.75 Å². The van der Waals surface area contributed by atoms with Gasteiger partial charge in [-0.15, -0.1) is 0 Å². The van der Waals surface area contributed by atoms with Gasteiger partial charge >= 0.3 is 0 Å². The number of rotatable bonds is 4. The molecule has 0 amide bonds. The first-order valence-electron chi connectivity index (χ1n) is 8.19. The van der Waals surface area contributed by atoms with Gasteiger partial charge in [-0.25, -0.2) is 13.8 Å². The van der Waals surface area contributed by atoms with Gasteiger partial charge in [-0.05, 0) is 24.6 Å². The highest BCUT2D eigenvalue weighted by Gasteiger charge is 2.18. The van der Waals surface area contributed by atoms with Crippen molar-refractivity contribution in [3.05, 3.63) is 76.9 Å². The molecule has 4 rings (SSSR count). The second-order valence-electron chi connectivity index (χ2n) is 6.00. The smallest absolute Gasteiger partial charge is 0.187 e. The Morgan fingerprint density at radius 1 is 1.15 bits per heavy atom. The lowest BCUT2D eigenvalue weighted by atomic mass is 10.2. The Hall–Kier alpha value is -3.00. The number of aromatic nitrogens is 4. The van der Waals surface area contributed by atoms with Crippen molar-refractivity contribution in [2.24, 2.45) is 0 Å². The average molecular weight is 383 g/mol. The van der Waals surface area contributed by atoms with Crippen LogP contribution in [0.5, 0.6) is 0 Å². The first-order chi connectivity index (χ1) is 13.0. The third-order valence-electron chi connectivity index (χ3n) is 4.14. The third kappa shape index (κ3) is 3.23. The van der Waals surface area contributed by atoms with Crippen LogP contribution in [0, 0.1) is 24.0 Å². The monoisotopic (exact) mass is 383 g/mol. The zero-order valence-corrected chi connectivity index (χ0v) is 15.1. The minimum atomic E-state index is -0.626. The average Bonchev–Trinajstić information content (AvgIpc) is 3.04. The first-order valence-corrected chi connectivity index (χ1v) is 9.17. The Morgan fingerprint density at radius 3 is 2.70 bits per heavy atom. The molecule has 0 atom stereocenters. The van der Waals surface area contributed by atoms with Crippen LogP contribution in [0.25, 0.3) is 16.7 Å². The molecule has 0 aliphatic rings. The fourth-order valence-electron chi connectivity index (χ4n) is 2.83. The molecule has 2 aromatic heterocycles. The summed E-state index contributed by atoms with van der Waals surface area (Å²) in [7, 11) is 0. The molecule has 0 aliphatic carbocycles. The van der Waals surface area contributed by atoms with E-state index in [1.165, 1.54) is 16.3 Å². The Bertz CT molecular complexity index is 1180. The van der Waals surface area contributed by atoms with Gasteiger partial charge in [0.25, 0.3) is 0 Å². The van der Waals surface area contributed by atoms with Gasteiger partial charge in [-0.1, -0.05) is 42.1 Å². The van der Waals surface area contributed by atoms with Crippen molar-refractivity contribution in [1.29, 1.82) is 5.41 Å². The number of aromatic amines is 1. The summed E-state index contributed by atoms with van der Waals surface area (Å²) in [4.78, 5) is 4.49. The fourth-order valence-corrected chi connectivity index (χ4v) is 3.79. The van der Waals surface area contributed by atoms with Crippen LogP contribution in [0.15, 0.2) is 53.7 Å². The van der Waals surface area contributed by atoms with Crippen LogP contribution in [0.1, 0.15) is 11.3 Å². The number of fused-ring (bicyclic) bond motifs is 1. The second-order valence-corrected chi connectivity index (χ2v) is 6.94. The summed E-state index contributed by atoms with van der Waals surface area (Å²) < 4.78 is 29.6. The molecule has 0 aliphatic heterocycles. The molecule has 0 spiro atoms. The molecule has 2 aromatic carbocycles. The Labute approximate surface area is 157 Å². The van der Waals surface area contributed by atoms with Gasteiger partial charge in [0.1, 0.15) is 17.1 Å². The molecule has 5 nitrogen and oxygen atoms in total. The number of halogens is 2. The maximum atomic E-state index is 14.5. The molecule has 0 radical (unpaired) electrons. The number of nitrogens with one attached hydrogen (secondary N) is 2. The predicted molar refractivity (Wildman–Crippen MR) is 99.7 cm³/mol. The molecule has 0 saturated carbocycles. The number of thioether (sulfide) groups is 1. The first kappa shape index (κ1) is 17.4. The standard InChI is InChI=1S/C19H15F2N5S/c1-11-16-17(22)26(15-9-13(20)7-8-14(15)21)19(23-18(16)25-24-11)27-10-12-5-3-2-4-6-12/h2-9,22H,10H2,1H3,(H,24,25). The van der Waals surface area contributed by atoms with Gasteiger partial charge < -0.3 is 0 Å². The minimum absolute atomic E-state index is 0.00584. The van der Waals surface area contributed by atoms with Crippen molar-refractivity contribution < 1.29 is 8.78 Å². The van der Waals surface area contributed by atoms with E-state index in [2.05, 4.69) is 15.2 Å². The van der Waals surface area contributed by atoms with Crippen LogP contribution in [-0.4, -0.2) is 19.7 Å². The van der Waals surface area contributed by atoms with Gasteiger partial charge in [-0.3, -0.25) is 15.1 Å². The van der Waals surface area contributed by atoms with E-state index in [4.69, 9.17) is 5.41 Å². The van der Waals surface area contributed by atoms with E-state index in [-0.39, 0.29) is 11.2 Å². The number of aryl methyl sites for hydroxylation is 1. The highest BCUT2D eigenvalue weighted by Crippen LogP contribution is 2.26. The van der Waals surface area contributed by atoms with E-state index >= 15 is 0 Å². The highest BCUT2D eigenvalue weighted by molar-refractivity contribution is 7.98. The lowest BCUT2D eigenvalue weighted by Gasteiger charge is -2.14. The highest BCUT2D eigenvalue weighted by atomic mass is 32.2. The predicted octanol–water partition coefficient (Wildman–Crippen LogP) is 4.11. The summed E-state index contributed by atoms with van der Waals surface area (Å²) in [5.41, 5.74) is 2.03. The van der Waals surface area contributed by atoms with Crippen LogP contribution >= 0.6 is 11.8 Å². The summed E-state index contributed by atoms with van der Waals surface area (Å²) >= 11 is 1.34. The van der Waals surface area contributed by atoms with Gasteiger partial charge in [0, 0.05) is 17.5 Å². The quantitative estimate of drug-likeness (QED) is 0.412. The van der Waals surface area contributed by atoms with E-state index in [1.807, 2.05) is 30.3 Å². The molecule has 0 fully saturated rings. The SMILES string of the molecule is Cc1[nH]nc2nc(SCc3ccccc3)n(-c3cc(F)ccc3F)c(=N)c12. The molecule has 4 aromatic rings. The maximum absolute atomic E-state index is 14.5.